The van der Waals surface area contributed by atoms with Crippen molar-refractivity contribution in [1.82, 2.24) is 0 Å². The smallest absolute Gasteiger partial charge is 0.175 e. The van der Waals surface area contributed by atoms with Crippen LogP contribution in [0.5, 0.6) is 0 Å². The molecule has 146 valence electrons. The van der Waals surface area contributed by atoms with Crippen molar-refractivity contribution in [2.45, 2.75) is 30.6 Å². The molecule has 1 N–H and O–H groups in total. The van der Waals surface area contributed by atoms with Crippen LogP contribution in [0.25, 0.3) is 0 Å². The summed E-state index contributed by atoms with van der Waals surface area (Å²) in [7, 11) is -1.14. The normalized spacial score (nSPS) is 11.8. The summed E-state index contributed by atoms with van der Waals surface area (Å²) in [6.45, 7) is 1.24. The average molecular weight is 390 g/mol. The molecule has 7 heteroatoms. The molecule has 0 unspecified atom stereocenters. The van der Waals surface area contributed by atoms with Gasteiger partial charge in [0.05, 0.1) is 16.3 Å². The van der Waals surface area contributed by atoms with Gasteiger partial charge in [0, 0.05) is 32.1 Å². The van der Waals surface area contributed by atoms with E-state index >= 15 is 0 Å². The molecule has 0 amide bonds. The Morgan fingerprint density at radius 2 is 1.37 bits per heavy atom. The van der Waals surface area contributed by atoms with E-state index in [2.05, 4.69) is 22.2 Å². The molecule has 0 bridgehead atoms. The van der Waals surface area contributed by atoms with E-state index in [1.165, 1.54) is 18.4 Å². The van der Waals surface area contributed by atoms with Gasteiger partial charge in [-0.25, -0.2) is 8.42 Å². The lowest BCUT2D eigenvalue weighted by Gasteiger charge is -2.19. The zero-order valence-electron chi connectivity index (χ0n) is 15.9. The summed E-state index contributed by atoms with van der Waals surface area (Å²) < 4.78 is 22.9. The molecule has 0 radical (unpaired) electrons. The summed E-state index contributed by atoms with van der Waals surface area (Å²) in [6, 6.07) is 14.2. The predicted molar refractivity (Wildman–Crippen MR) is 109 cm³/mol. The van der Waals surface area contributed by atoms with Gasteiger partial charge in [0.25, 0.3) is 0 Å². The third kappa shape index (κ3) is 7.11. The lowest BCUT2D eigenvalue weighted by molar-refractivity contribution is 0.282. The molecule has 0 spiro atoms. The Kier molecular flexibility index (Phi) is 7.94. The van der Waals surface area contributed by atoms with Gasteiger partial charge in [-0.05, 0) is 61.4 Å². The van der Waals surface area contributed by atoms with Crippen molar-refractivity contribution < 1.29 is 13.5 Å². The number of rotatable bonds is 10. The third-order valence-corrected chi connectivity index (χ3v) is 5.37. The van der Waals surface area contributed by atoms with Crippen molar-refractivity contribution in [3.63, 3.8) is 0 Å². The van der Waals surface area contributed by atoms with Crippen molar-refractivity contribution in [1.29, 1.82) is 0 Å². The Morgan fingerprint density at radius 3 is 1.89 bits per heavy atom. The Balaban J connectivity index is 1.90. The summed E-state index contributed by atoms with van der Waals surface area (Å²) in [6.07, 6.45) is 5.34. The standard InChI is InChI=1S/C20H27N3O3S/c1-23(15-5-3-4-6-16-24)19-11-7-17(8-12-19)21-22-18-9-13-20(14-10-18)27(2,25)26/h7-14,24H,3-6,15-16H2,1-2H3/b22-21+. The van der Waals surface area contributed by atoms with Crippen LogP contribution in [0.2, 0.25) is 0 Å². The number of benzene rings is 2. The van der Waals surface area contributed by atoms with E-state index in [9.17, 15) is 8.42 Å². The van der Waals surface area contributed by atoms with Crippen LogP contribution in [0.3, 0.4) is 0 Å². The van der Waals surface area contributed by atoms with Crippen LogP contribution >= 0.6 is 0 Å². The largest absolute Gasteiger partial charge is 0.396 e. The molecule has 0 heterocycles. The van der Waals surface area contributed by atoms with E-state index in [1.807, 2.05) is 24.3 Å². The second-order valence-electron chi connectivity index (χ2n) is 6.54. The molecule has 0 aliphatic carbocycles. The van der Waals surface area contributed by atoms with E-state index < -0.39 is 9.84 Å². The first-order chi connectivity index (χ1) is 12.9. The minimum atomic E-state index is -3.20. The molecule has 0 saturated carbocycles. The first kappa shape index (κ1) is 21.1. The number of azo groups is 1. The number of hydrogen-bond acceptors (Lipinski definition) is 6. The molecular weight excluding hydrogens is 362 g/mol. The Morgan fingerprint density at radius 1 is 0.852 bits per heavy atom. The number of aliphatic hydroxyl groups excluding tert-OH is 1. The second kappa shape index (κ2) is 10.2. The molecule has 0 aliphatic rings. The van der Waals surface area contributed by atoms with Crippen LogP contribution in [-0.4, -0.2) is 40.0 Å². The average Bonchev–Trinajstić information content (AvgIpc) is 2.66. The van der Waals surface area contributed by atoms with Crippen LogP contribution in [0.4, 0.5) is 17.1 Å². The zero-order valence-corrected chi connectivity index (χ0v) is 16.7. The van der Waals surface area contributed by atoms with Crippen molar-refractivity contribution >= 4 is 26.9 Å². The van der Waals surface area contributed by atoms with Crippen LogP contribution in [0.15, 0.2) is 63.7 Å². The van der Waals surface area contributed by atoms with Crippen molar-refractivity contribution in [2.24, 2.45) is 10.2 Å². The van der Waals surface area contributed by atoms with Gasteiger partial charge in [-0.2, -0.15) is 10.2 Å². The number of nitrogens with zero attached hydrogens (tertiary/aromatic N) is 3. The van der Waals surface area contributed by atoms with Gasteiger partial charge in [-0.1, -0.05) is 12.8 Å². The maximum Gasteiger partial charge on any atom is 0.175 e. The van der Waals surface area contributed by atoms with Crippen molar-refractivity contribution in [2.75, 3.05) is 31.4 Å². The van der Waals surface area contributed by atoms with Gasteiger partial charge in [0.1, 0.15) is 0 Å². The molecule has 2 aromatic rings. The SMILES string of the molecule is CN(CCCCCCO)c1ccc(/N=N/c2ccc(S(C)(=O)=O)cc2)cc1. The Labute approximate surface area is 161 Å². The lowest BCUT2D eigenvalue weighted by atomic mass is 10.2. The van der Waals surface area contributed by atoms with Crippen LogP contribution in [-0.2, 0) is 9.84 Å². The molecular formula is C20H27N3O3S. The summed E-state index contributed by atoms with van der Waals surface area (Å²) in [5, 5.41) is 17.1. The number of unbranched alkanes of at least 4 members (excludes halogenated alkanes) is 3. The maximum atomic E-state index is 11.5. The van der Waals surface area contributed by atoms with Gasteiger partial charge in [-0.3, -0.25) is 0 Å². The molecule has 0 fully saturated rings. The number of anilines is 1. The summed E-state index contributed by atoms with van der Waals surface area (Å²) in [5.74, 6) is 0. The fraction of sp³-hybridized carbons (Fsp3) is 0.400. The molecule has 0 atom stereocenters. The predicted octanol–water partition coefficient (Wildman–Crippen LogP) is 4.49. The summed E-state index contributed by atoms with van der Waals surface area (Å²) in [5.41, 5.74) is 2.46. The number of aliphatic hydroxyl groups is 1. The zero-order chi connectivity index (χ0) is 19.7. The van der Waals surface area contributed by atoms with Crippen molar-refractivity contribution in [3.8, 4) is 0 Å². The third-order valence-electron chi connectivity index (χ3n) is 4.24. The first-order valence-electron chi connectivity index (χ1n) is 9.04. The Hall–Kier alpha value is -2.25. The molecule has 2 rings (SSSR count). The highest BCUT2D eigenvalue weighted by Gasteiger charge is 2.05. The maximum absolute atomic E-state index is 11.5. The summed E-state index contributed by atoms with van der Waals surface area (Å²) >= 11 is 0. The van der Waals surface area contributed by atoms with Crippen molar-refractivity contribution in [3.05, 3.63) is 48.5 Å². The van der Waals surface area contributed by atoms with E-state index in [1.54, 1.807) is 12.1 Å². The fourth-order valence-corrected chi connectivity index (χ4v) is 3.22. The summed E-state index contributed by atoms with van der Waals surface area (Å²) in [4.78, 5) is 2.47. The van der Waals surface area contributed by atoms with Crippen LogP contribution in [0, 0.1) is 0 Å². The minimum Gasteiger partial charge on any atom is -0.396 e. The van der Waals surface area contributed by atoms with Crippen LogP contribution < -0.4 is 4.90 Å². The molecule has 2 aromatic carbocycles. The topological polar surface area (TPSA) is 82.3 Å². The quantitative estimate of drug-likeness (QED) is 0.479. The van der Waals surface area contributed by atoms with E-state index in [0.717, 1.165) is 43.6 Å². The van der Waals surface area contributed by atoms with Gasteiger partial charge < -0.3 is 10.0 Å². The molecule has 0 saturated heterocycles. The Bertz CT molecular complexity index is 832. The molecule has 0 aromatic heterocycles. The highest BCUT2D eigenvalue weighted by atomic mass is 32.2. The number of hydrogen-bond donors (Lipinski definition) is 1. The van der Waals surface area contributed by atoms with E-state index in [4.69, 9.17) is 5.11 Å². The van der Waals surface area contributed by atoms with Gasteiger partial charge in [0.2, 0.25) is 0 Å². The molecule has 0 aliphatic heterocycles. The minimum absolute atomic E-state index is 0.269. The van der Waals surface area contributed by atoms with E-state index in [-0.39, 0.29) is 11.5 Å². The lowest BCUT2D eigenvalue weighted by Crippen LogP contribution is -2.18. The first-order valence-corrected chi connectivity index (χ1v) is 10.9. The van der Waals surface area contributed by atoms with Crippen LogP contribution in [0.1, 0.15) is 25.7 Å². The fourth-order valence-electron chi connectivity index (χ4n) is 2.59. The van der Waals surface area contributed by atoms with Gasteiger partial charge in [0.15, 0.2) is 9.84 Å². The highest BCUT2D eigenvalue weighted by Crippen LogP contribution is 2.23. The monoisotopic (exact) mass is 389 g/mol. The van der Waals surface area contributed by atoms with E-state index in [0.29, 0.717) is 5.69 Å². The molecule has 27 heavy (non-hydrogen) atoms. The number of sulfone groups is 1. The van der Waals surface area contributed by atoms with Gasteiger partial charge >= 0.3 is 0 Å². The highest BCUT2D eigenvalue weighted by molar-refractivity contribution is 7.90. The molecule has 6 nitrogen and oxygen atoms in total. The van der Waals surface area contributed by atoms with Gasteiger partial charge in [-0.15, -0.1) is 0 Å². The second-order valence-corrected chi connectivity index (χ2v) is 8.56.